The average Bonchev–Trinajstić information content (AvgIpc) is 3.41. The Bertz CT molecular complexity index is 1800. The van der Waals surface area contributed by atoms with Crippen LogP contribution in [0.15, 0.2) is 70.2 Å². The summed E-state index contributed by atoms with van der Waals surface area (Å²) in [5.74, 6) is -1.51. The third-order valence-electron chi connectivity index (χ3n) is 7.12. The van der Waals surface area contributed by atoms with E-state index in [0.29, 0.717) is 47.2 Å². The molecule has 5 rings (SSSR count). The lowest BCUT2D eigenvalue weighted by Gasteiger charge is -2.33. The van der Waals surface area contributed by atoms with Crippen molar-refractivity contribution >= 4 is 68.0 Å². The maximum atomic E-state index is 13.3. The summed E-state index contributed by atoms with van der Waals surface area (Å²) in [4.78, 5) is 40.5. The molecule has 212 valence electrons. The molecule has 1 aliphatic heterocycles. The van der Waals surface area contributed by atoms with Gasteiger partial charge in [0.05, 0.1) is 26.9 Å². The zero-order valence-corrected chi connectivity index (χ0v) is 24.0. The Labute approximate surface area is 245 Å². The van der Waals surface area contributed by atoms with Gasteiger partial charge in [-0.1, -0.05) is 41.4 Å². The first-order valence-corrected chi connectivity index (χ1v) is 15.1. The van der Waals surface area contributed by atoms with Gasteiger partial charge in [0.1, 0.15) is 11.6 Å². The molecule has 3 aromatic carbocycles. The van der Waals surface area contributed by atoms with Crippen LogP contribution in [0.2, 0.25) is 10.0 Å². The third-order valence-corrected chi connectivity index (χ3v) is 8.92. The van der Waals surface area contributed by atoms with E-state index in [9.17, 15) is 27.9 Å². The lowest BCUT2D eigenvalue weighted by Crippen LogP contribution is -2.43. The maximum Gasteiger partial charge on any atom is 0.327 e. The lowest BCUT2D eigenvalue weighted by molar-refractivity contribution is -0.139. The first kappa shape index (κ1) is 28.7. The molecule has 4 aromatic rings. The predicted molar refractivity (Wildman–Crippen MR) is 154 cm³/mol. The second kappa shape index (κ2) is 11.2. The maximum absolute atomic E-state index is 13.3. The number of hydrogen-bond donors (Lipinski definition) is 1. The molecule has 0 saturated carbocycles. The number of nitrogens with zero attached hydrogens (tertiary/aromatic N) is 2. The second-order valence-electron chi connectivity index (χ2n) is 9.80. The van der Waals surface area contributed by atoms with Crippen LogP contribution < -0.4 is 4.90 Å². The van der Waals surface area contributed by atoms with Gasteiger partial charge >= 0.3 is 5.97 Å². The van der Waals surface area contributed by atoms with Crippen molar-refractivity contribution in [3.63, 3.8) is 0 Å². The molecular weight excluding hydrogens is 591 g/mol. The van der Waals surface area contributed by atoms with Crippen LogP contribution in [-0.4, -0.2) is 55.6 Å². The van der Waals surface area contributed by atoms with Crippen LogP contribution >= 0.6 is 23.2 Å². The molecule has 1 aliphatic rings. The molecule has 1 N–H and O–H groups in total. The van der Waals surface area contributed by atoms with Gasteiger partial charge in [0.25, 0.3) is 5.91 Å². The van der Waals surface area contributed by atoms with Crippen LogP contribution in [0.3, 0.4) is 0 Å². The molecule has 0 saturated heterocycles. The summed E-state index contributed by atoms with van der Waals surface area (Å²) in [5.41, 5.74) is 2.86. The minimum absolute atomic E-state index is 0.0322. The average molecular weight is 615 g/mol. The molecule has 1 atom stereocenters. The Morgan fingerprint density at radius 3 is 2.63 bits per heavy atom. The number of anilines is 1. The number of halogens is 2. The highest BCUT2D eigenvalue weighted by atomic mass is 35.5. The summed E-state index contributed by atoms with van der Waals surface area (Å²) >= 11 is 13.4. The number of carboxylic acid groups (broad SMARTS) is 1. The van der Waals surface area contributed by atoms with Crippen molar-refractivity contribution in [1.29, 1.82) is 0 Å². The summed E-state index contributed by atoms with van der Waals surface area (Å²) < 4.78 is 29.4. The molecule has 0 bridgehead atoms. The van der Waals surface area contributed by atoms with Crippen molar-refractivity contribution in [2.45, 2.75) is 30.3 Å². The van der Waals surface area contributed by atoms with Crippen LogP contribution in [0.4, 0.5) is 5.69 Å². The van der Waals surface area contributed by atoms with Crippen molar-refractivity contribution < 1.29 is 32.3 Å². The van der Waals surface area contributed by atoms with E-state index in [0.717, 1.165) is 16.5 Å². The van der Waals surface area contributed by atoms with Gasteiger partial charge in [-0.25, -0.2) is 13.2 Å². The molecule has 2 amide bonds. The Morgan fingerprint density at radius 2 is 1.93 bits per heavy atom. The molecule has 9 nitrogen and oxygen atoms in total. The van der Waals surface area contributed by atoms with Gasteiger partial charge in [0, 0.05) is 36.7 Å². The van der Waals surface area contributed by atoms with Crippen molar-refractivity contribution in [3.8, 4) is 0 Å². The summed E-state index contributed by atoms with van der Waals surface area (Å²) in [6.45, 7) is 0.552. The van der Waals surface area contributed by atoms with E-state index in [4.69, 9.17) is 27.6 Å². The van der Waals surface area contributed by atoms with E-state index >= 15 is 0 Å². The molecule has 41 heavy (non-hydrogen) atoms. The number of carbonyl (C=O) groups is 3. The number of amides is 2. The highest BCUT2D eigenvalue weighted by Gasteiger charge is 2.33. The van der Waals surface area contributed by atoms with Gasteiger partial charge in [-0.05, 0) is 59.5 Å². The SMILES string of the molecule is CS(=O)(=O)c1cccc(CC(C(=O)O)N(C=O)c2c(Cl)cc3c(c2Cl)CCN(C(=O)c2ccc4ccoc4c2)C3)c1. The minimum Gasteiger partial charge on any atom is -0.480 e. The molecule has 1 unspecified atom stereocenters. The Hall–Kier alpha value is -3.86. The van der Waals surface area contributed by atoms with E-state index in [2.05, 4.69) is 0 Å². The number of aliphatic carboxylic acids is 1. The number of rotatable bonds is 8. The number of carbonyl (C=O) groups excluding carboxylic acids is 2. The summed E-state index contributed by atoms with van der Waals surface area (Å²) in [6.07, 6.45) is 3.12. The smallest absolute Gasteiger partial charge is 0.327 e. The molecule has 2 heterocycles. The minimum atomic E-state index is -3.52. The Balaban J connectivity index is 1.44. The largest absolute Gasteiger partial charge is 0.480 e. The molecule has 0 radical (unpaired) electrons. The Morgan fingerprint density at radius 1 is 1.15 bits per heavy atom. The highest BCUT2D eigenvalue weighted by molar-refractivity contribution is 7.90. The van der Waals surface area contributed by atoms with Crippen molar-refractivity contribution in [1.82, 2.24) is 4.90 Å². The van der Waals surface area contributed by atoms with Crippen LogP contribution in [-0.2, 0) is 38.8 Å². The lowest BCUT2D eigenvalue weighted by atomic mass is 9.96. The monoisotopic (exact) mass is 614 g/mol. The van der Waals surface area contributed by atoms with Gasteiger partial charge < -0.3 is 14.4 Å². The van der Waals surface area contributed by atoms with E-state index in [1.165, 1.54) is 18.2 Å². The number of furan rings is 1. The van der Waals surface area contributed by atoms with Crippen LogP contribution in [0.5, 0.6) is 0 Å². The molecule has 12 heteroatoms. The summed E-state index contributed by atoms with van der Waals surface area (Å²) in [5, 5.41) is 11.1. The number of hydrogen-bond acceptors (Lipinski definition) is 6. The standard InChI is InChI=1S/C29H24Cl2N2O7S/c1-41(38,39)21-4-2-3-17(11-21)12-24(29(36)37)33(16-34)27-23(30)13-20-15-32(9-7-22(20)26(27)31)28(35)19-6-5-18-8-10-40-25(18)14-19/h2-6,8,10-11,13-14,16,24H,7,9,12,15H2,1H3,(H,36,37). The fraction of sp³-hybridized carbons (Fsp3) is 0.207. The van der Waals surface area contributed by atoms with Gasteiger partial charge in [-0.3, -0.25) is 14.5 Å². The fourth-order valence-corrected chi connectivity index (χ4v) is 6.51. The van der Waals surface area contributed by atoms with Gasteiger partial charge in [-0.15, -0.1) is 0 Å². The van der Waals surface area contributed by atoms with Gasteiger partial charge in [-0.2, -0.15) is 0 Å². The van der Waals surface area contributed by atoms with Crippen molar-refractivity contribution in [3.05, 3.63) is 93.2 Å². The van der Waals surface area contributed by atoms with Crippen molar-refractivity contribution in [2.24, 2.45) is 0 Å². The summed E-state index contributed by atoms with van der Waals surface area (Å²) in [6, 6.07) is 13.1. The molecule has 0 spiro atoms. The summed E-state index contributed by atoms with van der Waals surface area (Å²) in [7, 11) is -3.52. The van der Waals surface area contributed by atoms with E-state index in [1.54, 1.807) is 35.4 Å². The third kappa shape index (κ3) is 5.68. The first-order valence-electron chi connectivity index (χ1n) is 12.5. The molecule has 0 aliphatic carbocycles. The van der Waals surface area contributed by atoms with E-state index < -0.39 is 21.8 Å². The first-order chi connectivity index (χ1) is 19.5. The molecular formula is C29H24Cl2N2O7S. The number of carboxylic acids is 1. The van der Waals surface area contributed by atoms with Crippen LogP contribution in [0, 0.1) is 0 Å². The zero-order chi connectivity index (χ0) is 29.5. The topological polar surface area (TPSA) is 125 Å². The van der Waals surface area contributed by atoms with Crippen LogP contribution in [0.25, 0.3) is 11.0 Å². The van der Waals surface area contributed by atoms with Gasteiger partial charge in [0.2, 0.25) is 6.41 Å². The van der Waals surface area contributed by atoms with Crippen molar-refractivity contribution in [2.75, 3.05) is 17.7 Å². The van der Waals surface area contributed by atoms with Crippen LogP contribution in [0.1, 0.15) is 27.0 Å². The number of sulfone groups is 1. The van der Waals surface area contributed by atoms with E-state index in [-0.39, 0.29) is 39.5 Å². The quantitative estimate of drug-likeness (QED) is 0.277. The normalized spacial score (nSPS) is 14.0. The highest BCUT2D eigenvalue weighted by Crippen LogP contribution is 2.41. The zero-order valence-electron chi connectivity index (χ0n) is 21.7. The number of fused-ring (bicyclic) bond motifs is 2. The molecule has 0 fully saturated rings. The van der Waals surface area contributed by atoms with E-state index in [1.807, 2.05) is 12.1 Å². The predicted octanol–water partition coefficient (Wildman–Crippen LogP) is 5.00. The Kier molecular flexibility index (Phi) is 7.83. The second-order valence-corrected chi connectivity index (χ2v) is 12.6. The number of benzene rings is 3. The van der Waals surface area contributed by atoms with Gasteiger partial charge in [0.15, 0.2) is 9.84 Å². The molecule has 1 aromatic heterocycles. The fourth-order valence-electron chi connectivity index (χ4n) is 5.03.